The predicted octanol–water partition coefficient (Wildman–Crippen LogP) is 5.21. The number of likely N-dealkylation sites (tertiary alicyclic amines) is 1. The third-order valence-corrected chi connectivity index (χ3v) is 13.5. The summed E-state index contributed by atoms with van der Waals surface area (Å²) in [7, 11) is -2.96. The SMILES string of the molecule is Cc1ccc(-c2ccc3cnc(N[C@@H]4CCN(C(=O)O)C[C@H]4O[Si](c4ccccc4)(c4ccccc4)C(C)(C)C)nn23)nc1. The van der Waals surface area contributed by atoms with Gasteiger partial charge in [-0.15, -0.1) is 5.10 Å². The van der Waals surface area contributed by atoms with Crippen LogP contribution >= 0.6 is 0 Å². The van der Waals surface area contributed by atoms with Crippen LogP contribution in [0.15, 0.2) is 97.3 Å². The van der Waals surface area contributed by atoms with Gasteiger partial charge in [0.2, 0.25) is 5.95 Å². The first-order valence-electron chi connectivity index (χ1n) is 15.0. The van der Waals surface area contributed by atoms with Gasteiger partial charge in [-0.25, -0.2) is 14.3 Å². The fraction of sp³-hybridized carbons (Fsp3) is 0.294. The van der Waals surface area contributed by atoms with Crippen LogP contribution in [-0.2, 0) is 4.43 Å². The molecule has 0 aliphatic carbocycles. The minimum atomic E-state index is -2.96. The second kappa shape index (κ2) is 11.9. The van der Waals surface area contributed by atoms with Gasteiger partial charge in [-0.05, 0) is 52.5 Å². The third kappa shape index (κ3) is 5.58. The monoisotopic (exact) mass is 606 g/mol. The molecule has 0 unspecified atom stereocenters. The maximum Gasteiger partial charge on any atom is 0.407 e. The Hall–Kier alpha value is -4.54. The lowest BCUT2D eigenvalue weighted by Crippen LogP contribution is -2.70. The summed E-state index contributed by atoms with van der Waals surface area (Å²) in [4.78, 5) is 22.9. The molecule has 2 aromatic carbocycles. The van der Waals surface area contributed by atoms with Gasteiger partial charge < -0.3 is 19.7 Å². The van der Waals surface area contributed by atoms with E-state index in [0.29, 0.717) is 18.9 Å². The third-order valence-electron chi connectivity index (χ3n) is 8.46. The first-order valence-corrected chi connectivity index (χ1v) is 16.9. The molecule has 10 heteroatoms. The van der Waals surface area contributed by atoms with Gasteiger partial charge in [0.25, 0.3) is 8.32 Å². The number of benzene rings is 2. The van der Waals surface area contributed by atoms with Crippen LogP contribution in [0.4, 0.5) is 10.7 Å². The molecule has 1 saturated heterocycles. The number of carbonyl (C=O) groups is 1. The van der Waals surface area contributed by atoms with Crippen molar-refractivity contribution in [3.63, 3.8) is 0 Å². The van der Waals surface area contributed by atoms with Crippen molar-refractivity contribution in [3.8, 4) is 11.4 Å². The number of hydrogen-bond donors (Lipinski definition) is 2. The van der Waals surface area contributed by atoms with Gasteiger partial charge >= 0.3 is 6.09 Å². The lowest BCUT2D eigenvalue weighted by molar-refractivity contribution is 0.0658. The first kappa shape index (κ1) is 29.5. The quantitative estimate of drug-likeness (QED) is 0.245. The number of carboxylic acid groups (broad SMARTS) is 1. The van der Waals surface area contributed by atoms with Crippen LogP contribution in [-0.4, -0.2) is 69.2 Å². The number of aryl methyl sites for hydroxylation is 1. The second-order valence-electron chi connectivity index (χ2n) is 12.4. The molecule has 3 aromatic heterocycles. The zero-order valence-electron chi connectivity index (χ0n) is 25.5. The summed E-state index contributed by atoms with van der Waals surface area (Å²) in [5, 5.41) is 20.4. The summed E-state index contributed by atoms with van der Waals surface area (Å²) in [5.74, 6) is 0.451. The van der Waals surface area contributed by atoms with E-state index in [2.05, 4.69) is 84.6 Å². The first-order chi connectivity index (χ1) is 21.2. The van der Waals surface area contributed by atoms with Crippen molar-refractivity contribution in [2.45, 2.75) is 51.3 Å². The lowest BCUT2D eigenvalue weighted by Gasteiger charge is -2.48. The molecule has 1 aliphatic rings. The highest BCUT2D eigenvalue weighted by atomic mass is 28.4. The van der Waals surface area contributed by atoms with E-state index in [4.69, 9.17) is 9.52 Å². The summed E-state index contributed by atoms with van der Waals surface area (Å²) in [5.41, 5.74) is 3.63. The Balaban J connectivity index is 1.40. The van der Waals surface area contributed by atoms with Crippen molar-refractivity contribution >= 4 is 36.2 Å². The Labute approximate surface area is 258 Å². The normalized spacial score (nSPS) is 17.5. The average molecular weight is 607 g/mol. The van der Waals surface area contributed by atoms with Crippen LogP contribution in [0.1, 0.15) is 32.8 Å². The van der Waals surface area contributed by atoms with Gasteiger partial charge in [0.1, 0.15) is 0 Å². The zero-order valence-corrected chi connectivity index (χ0v) is 26.5. The van der Waals surface area contributed by atoms with Crippen LogP contribution in [0.25, 0.3) is 16.9 Å². The van der Waals surface area contributed by atoms with Crippen molar-refractivity contribution in [1.29, 1.82) is 0 Å². The van der Waals surface area contributed by atoms with Crippen molar-refractivity contribution in [2.75, 3.05) is 18.4 Å². The van der Waals surface area contributed by atoms with Gasteiger partial charge in [-0.2, -0.15) is 0 Å². The standard InChI is InChI=1S/C34H38N6O3Si/c1-24-15-17-28(35-21-24)30-18-16-25-22-36-32(38-40(25)30)37-29-19-20-39(33(41)42)23-31(29)43-44(34(2,3)4,26-11-7-5-8-12-26)27-13-9-6-10-14-27/h5-18,21-22,29,31H,19-20,23H2,1-4H3,(H,37,38)(H,41,42)/t29-,31-/m1/s1. The van der Waals surface area contributed by atoms with E-state index >= 15 is 0 Å². The number of fused-ring (bicyclic) bond motifs is 1. The summed E-state index contributed by atoms with van der Waals surface area (Å²) in [6.45, 7) is 9.31. The molecule has 1 amide bonds. The predicted molar refractivity (Wildman–Crippen MR) is 175 cm³/mol. The Morgan fingerprint density at radius 3 is 2.20 bits per heavy atom. The van der Waals surface area contributed by atoms with E-state index in [1.165, 1.54) is 4.90 Å². The number of pyridine rings is 1. The zero-order chi connectivity index (χ0) is 30.9. The number of nitrogens with zero attached hydrogens (tertiary/aromatic N) is 5. The van der Waals surface area contributed by atoms with E-state index in [1.807, 2.05) is 54.0 Å². The van der Waals surface area contributed by atoms with Crippen molar-refractivity contribution in [1.82, 2.24) is 24.5 Å². The largest absolute Gasteiger partial charge is 0.465 e. The summed E-state index contributed by atoms with van der Waals surface area (Å²) < 4.78 is 9.30. The minimum Gasteiger partial charge on any atom is -0.465 e. The molecule has 2 atom stereocenters. The molecule has 0 saturated carbocycles. The van der Waals surface area contributed by atoms with Gasteiger partial charge in [-0.1, -0.05) is 87.5 Å². The van der Waals surface area contributed by atoms with Crippen molar-refractivity contribution in [3.05, 3.63) is 103 Å². The van der Waals surface area contributed by atoms with E-state index in [1.54, 1.807) is 6.20 Å². The number of hydrogen-bond acceptors (Lipinski definition) is 6. The summed E-state index contributed by atoms with van der Waals surface area (Å²) >= 11 is 0. The molecule has 5 aromatic rings. The number of anilines is 1. The van der Waals surface area contributed by atoms with Crippen LogP contribution in [0.5, 0.6) is 0 Å². The molecule has 226 valence electrons. The van der Waals surface area contributed by atoms with Crippen molar-refractivity contribution in [2.24, 2.45) is 0 Å². The average Bonchev–Trinajstić information content (AvgIpc) is 3.44. The molecule has 6 rings (SSSR count). The maximum absolute atomic E-state index is 12.2. The molecule has 2 N–H and O–H groups in total. The molecule has 0 radical (unpaired) electrons. The fourth-order valence-corrected chi connectivity index (χ4v) is 10.9. The highest BCUT2D eigenvalue weighted by molar-refractivity contribution is 6.99. The molecule has 0 bridgehead atoms. The Kier molecular flexibility index (Phi) is 7.96. The van der Waals surface area contributed by atoms with Crippen molar-refractivity contribution < 1.29 is 14.3 Å². The number of rotatable bonds is 7. The number of nitrogens with one attached hydrogen (secondary N) is 1. The molecular formula is C34H38N6O3Si. The second-order valence-corrected chi connectivity index (χ2v) is 16.7. The van der Waals surface area contributed by atoms with Crippen LogP contribution in [0.2, 0.25) is 5.04 Å². The Morgan fingerprint density at radius 1 is 0.932 bits per heavy atom. The number of piperidine rings is 1. The van der Waals surface area contributed by atoms with E-state index in [-0.39, 0.29) is 17.6 Å². The highest BCUT2D eigenvalue weighted by Gasteiger charge is 2.53. The maximum atomic E-state index is 12.2. The molecule has 4 heterocycles. The fourth-order valence-electron chi connectivity index (χ4n) is 6.24. The molecule has 1 aliphatic heterocycles. The lowest BCUT2D eigenvalue weighted by atomic mass is 10.0. The van der Waals surface area contributed by atoms with E-state index in [0.717, 1.165) is 32.8 Å². The van der Waals surface area contributed by atoms with Gasteiger partial charge in [0.15, 0.2) is 0 Å². The molecule has 0 spiro atoms. The Bertz CT molecular complexity index is 1700. The van der Waals surface area contributed by atoms with Gasteiger partial charge in [0.05, 0.1) is 41.8 Å². The van der Waals surface area contributed by atoms with E-state index < -0.39 is 20.5 Å². The van der Waals surface area contributed by atoms with E-state index in [9.17, 15) is 9.90 Å². The number of amides is 1. The van der Waals surface area contributed by atoms with Crippen LogP contribution in [0, 0.1) is 6.92 Å². The molecule has 9 nitrogen and oxygen atoms in total. The van der Waals surface area contributed by atoms with Crippen LogP contribution < -0.4 is 15.7 Å². The topological polar surface area (TPSA) is 105 Å². The highest BCUT2D eigenvalue weighted by Crippen LogP contribution is 2.38. The minimum absolute atomic E-state index is 0.221. The molecule has 1 fully saturated rings. The van der Waals surface area contributed by atoms with Gasteiger partial charge in [-0.3, -0.25) is 4.98 Å². The summed E-state index contributed by atoms with van der Waals surface area (Å²) in [6.07, 6.45) is 2.79. The molecule has 44 heavy (non-hydrogen) atoms. The van der Waals surface area contributed by atoms with Gasteiger partial charge in [0, 0.05) is 12.7 Å². The Morgan fingerprint density at radius 2 is 1.61 bits per heavy atom. The molecular weight excluding hydrogens is 568 g/mol. The number of aromatic nitrogens is 4. The van der Waals surface area contributed by atoms with Crippen LogP contribution in [0.3, 0.4) is 0 Å². The summed E-state index contributed by atoms with van der Waals surface area (Å²) in [6, 6.07) is 28.6. The smallest absolute Gasteiger partial charge is 0.407 e.